The molecule has 1 saturated heterocycles. The van der Waals surface area contributed by atoms with E-state index < -0.39 is 0 Å². The molecule has 2 aromatic rings. The van der Waals surface area contributed by atoms with Crippen LogP contribution in [0.25, 0.3) is 10.9 Å². The quantitative estimate of drug-likeness (QED) is 0.847. The van der Waals surface area contributed by atoms with E-state index in [4.69, 9.17) is 4.98 Å². The van der Waals surface area contributed by atoms with E-state index in [0.29, 0.717) is 12.5 Å². The van der Waals surface area contributed by atoms with Gasteiger partial charge < -0.3 is 10.2 Å². The predicted octanol–water partition coefficient (Wildman–Crippen LogP) is 3.15. The number of carbonyl (C=O) groups is 1. The molecule has 3 rings (SSSR count). The molecule has 0 unspecified atom stereocenters. The standard InChI is InChI=1S/C19H25N3OS/c1-13-4-5-17-16(10-13)14(2)11-19(21-17)24-9-7-18(23)20-15-6-8-22(3)12-15/h4-5,10-11,15H,6-9,12H2,1-3H3,(H,20,23)/t15-/m0/s1. The number of aromatic nitrogens is 1. The first-order chi connectivity index (χ1) is 11.5. The summed E-state index contributed by atoms with van der Waals surface area (Å²) in [4.78, 5) is 19.0. The molecule has 5 heteroatoms. The van der Waals surface area contributed by atoms with Crippen LogP contribution in [0.5, 0.6) is 0 Å². The van der Waals surface area contributed by atoms with Gasteiger partial charge in [0.1, 0.15) is 0 Å². The maximum Gasteiger partial charge on any atom is 0.221 e. The third-order valence-corrected chi connectivity index (χ3v) is 5.40. The zero-order valence-electron chi connectivity index (χ0n) is 14.6. The molecule has 0 bridgehead atoms. The highest BCUT2D eigenvalue weighted by atomic mass is 32.2. The van der Waals surface area contributed by atoms with Crippen molar-refractivity contribution in [1.29, 1.82) is 0 Å². The molecule has 1 atom stereocenters. The molecule has 0 radical (unpaired) electrons. The maximum atomic E-state index is 12.0. The van der Waals surface area contributed by atoms with Gasteiger partial charge >= 0.3 is 0 Å². The van der Waals surface area contributed by atoms with E-state index in [0.717, 1.165) is 35.8 Å². The van der Waals surface area contributed by atoms with Crippen molar-refractivity contribution in [2.24, 2.45) is 0 Å². The van der Waals surface area contributed by atoms with Gasteiger partial charge in [-0.15, -0.1) is 11.8 Å². The summed E-state index contributed by atoms with van der Waals surface area (Å²) >= 11 is 1.66. The molecule has 1 aromatic carbocycles. The van der Waals surface area contributed by atoms with Gasteiger partial charge in [0.25, 0.3) is 0 Å². The molecule has 0 saturated carbocycles. The number of fused-ring (bicyclic) bond motifs is 1. The molecule has 1 aliphatic heterocycles. The molecule has 1 fully saturated rings. The maximum absolute atomic E-state index is 12.0. The smallest absolute Gasteiger partial charge is 0.221 e. The second-order valence-electron chi connectivity index (χ2n) is 6.71. The van der Waals surface area contributed by atoms with E-state index >= 15 is 0 Å². The molecule has 1 N–H and O–H groups in total. The Labute approximate surface area is 148 Å². The molecule has 1 aromatic heterocycles. The first-order valence-corrected chi connectivity index (χ1v) is 9.48. The first-order valence-electron chi connectivity index (χ1n) is 8.50. The summed E-state index contributed by atoms with van der Waals surface area (Å²) in [5.74, 6) is 0.911. The van der Waals surface area contributed by atoms with Crippen molar-refractivity contribution < 1.29 is 4.79 Å². The van der Waals surface area contributed by atoms with Crippen molar-refractivity contribution in [3.05, 3.63) is 35.4 Å². The second kappa shape index (κ2) is 7.53. The number of rotatable bonds is 5. The van der Waals surface area contributed by atoms with Crippen LogP contribution in [0, 0.1) is 13.8 Å². The van der Waals surface area contributed by atoms with Crippen LogP contribution in [0.1, 0.15) is 24.0 Å². The zero-order valence-corrected chi connectivity index (χ0v) is 15.4. The Bertz CT molecular complexity index is 747. The Hall–Kier alpha value is -1.59. The summed E-state index contributed by atoms with van der Waals surface area (Å²) in [6, 6.07) is 8.78. The number of likely N-dealkylation sites (N-methyl/N-ethyl adjacent to an activating group) is 1. The van der Waals surface area contributed by atoms with Gasteiger partial charge in [0.2, 0.25) is 5.91 Å². The summed E-state index contributed by atoms with van der Waals surface area (Å²) in [5.41, 5.74) is 3.52. The first kappa shape index (κ1) is 17.2. The molecule has 0 aliphatic carbocycles. The van der Waals surface area contributed by atoms with Gasteiger partial charge in [-0.1, -0.05) is 11.6 Å². The number of nitrogens with zero attached hydrogens (tertiary/aromatic N) is 2. The molecular weight excluding hydrogens is 318 g/mol. The van der Waals surface area contributed by atoms with Gasteiger partial charge in [0, 0.05) is 30.1 Å². The van der Waals surface area contributed by atoms with Crippen LogP contribution in [0.15, 0.2) is 29.3 Å². The topological polar surface area (TPSA) is 45.2 Å². The van der Waals surface area contributed by atoms with Crippen molar-refractivity contribution in [3.63, 3.8) is 0 Å². The van der Waals surface area contributed by atoms with Crippen LogP contribution in [0.4, 0.5) is 0 Å². The Morgan fingerprint density at radius 1 is 1.38 bits per heavy atom. The number of carbonyl (C=O) groups excluding carboxylic acids is 1. The number of hydrogen-bond donors (Lipinski definition) is 1. The molecular formula is C19H25N3OS. The van der Waals surface area contributed by atoms with Crippen LogP contribution in [0.3, 0.4) is 0 Å². The van der Waals surface area contributed by atoms with Crippen molar-refractivity contribution in [1.82, 2.24) is 15.2 Å². The number of pyridine rings is 1. The van der Waals surface area contributed by atoms with Crippen LogP contribution in [-0.2, 0) is 4.79 Å². The lowest BCUT2D eigenvalue weighted by molar-refractivity contribution is -0.121. The summed E-state index contributed by atoms with van der Waals surface area (Å²) in [5, 5.41) is 5.34. The van der Waals surface area contributed by atoms with Crippen LogP contribution in [0.2, 0.25) is 0 Å². The normalized spacial score (nSPS) is 18.2. The van der Waals surface area contributed by atoms with Gasteiger partial charge in [0.15, 0.2) is 0 Å². The van der Waals surface area contributed by atoms with Gasteiger partial charge in [-0.2, -0.15) is 0 Å². The number of amides is 1. The summed E-state index contributed by atoms with van der Waals surface area (Å²) in [6.45, 7) is 6.25. The number of likely N-dealkylation sites (tertiary alicyclic amines) is 1. The zero-order chi connectivity index (χ0) is 17.1. The Morgan fingerprint density at radius 3 is 2.96 bits per heavy atom. The average Bonchev–Trinajstić information content (AvgIpc) is 2.93. The largest absolute Gasteiger partial charge is 0.352 e. The van der Waals surface area contributed by atoms with Gasteiger partial charge in [-0.3, -0.25) is 4.79 Å². The fraction of sp³-hybridized carbons (Fsp3) is 0.474. The van der Waals surface area contributed by atoms with Crippen LogP contribution < -0.4 is 5.32 Å². The molecule has 24 heavy (non-hydrogen) atoms. The summed E-state index contributed by atoms with van der Waals surface area (Å²) < 4.78 is 0. The van der Waals surface area contributed by atoms with Crippen molar-refractivity contribution in [2.75, 3.05) is 25.9 Å². The lowest BCUT2D eigenvalue weighted by Gasteiger charge is -2.12. The van der Waals surface area contributed by atoms with E-state index in [-0.39, 0.29) is 5.91 Å². The molecule has 2 heterocycles. The number of benzene rings is 1. The number of thioether (sulfide) groups is 1. The third-order valence-electron chi connectivity index (χ3n) is 4.48. The molecule has 128 valence electrons. The molecule has 1 aliphatic rings. The van der Waals surface area contributed by atoms with Gasteiger partial charge in [-0.05, 0) is 57.6 Å². The Balaban J connectivity index is 1.54. The fourth-order valence-electron chi connectivity index (χ4n) is 3.15. The fourth-order valence-corrected chi connectivity index (χ4v) is 4.07. The minimum atomic E-state index is 0.149. The SMILES string of the molecule is Cc1ccc2nc(SCCC(=O)N[C@H]3CCN(C)C3)cc(C)c2c1. The summed E-state index contributed by atoms with van der Waals surface area (Å²) in [7, 11) is 2.09. The highest BCUT2D eigenvalue weighted by Crippen LogP contribution is 2.25. The van der Waals surface area contributed by atoms with Gasteiger partial charge in [-0.25, -0.2) is 4.98 Å². The van der Waals surface area contributed by atoms with E-state index in [1.165, 1.54) is 16.5 Å². The molecule has 4 nitrogen and oxygen atoms in total. The predicted molar refractivity (Wildman–Crippen MR) is 101 cm³/mol. The lowest BCUT2D eigenvalue weighted by Crippen LogP contribution is -2.36. The summed E-state index contributed by atoms with van der Waals surface area (Å²) in [6.07, 6.45) is 1.60. The molecule has 1 amide bonds. The monoisotopic (exact) mass is 343 g/mol. The van der Waals surface area contributed by atoms with E-state index in [1.807, 2.05) is 0 Å². The minimum Gasteiger partial charge on any atom is -0.352 e. The Kier molecular flexibility index (Phi) is 5.41. The minimum absolute atomic E-state index is 0.149. The van der Waals surface area contributed by atoms with Crippen molar-refractivity contribution in [3.8, 4) is 0 Å². The average molecular weight is 343 g/mol. The Morgan fingerprint density at radius 2 is 2.21 bits per heavy atom. The molecule has 0 spiro atoms. The third kappa shape index (κ3) is 4.28. The van der Waals surface area contributed by atoms with Crippen molar-refractivity contribution >= 4 is 28.6 Å². The van der Waals surface area contributed by atoms with Crippen LogP contribution >= 0.6 is 11.8 Å². The number of nitrogens with one attached hydrogen (secondary N) is 1. The van der Waals surface area contributed by atoms with Crippen molar-refractivity contribution in [2.45, 2.75) is 37.8 Å². The highest BCUT2D eigenvalue weighted by molar-refractivity contribution is 7.99. The number of hydrogen-bond acceptors (Lipinski definition) is 4. The van der Waals surface area contributed by atoms with Crippen LogP contribution in [-0.4, -0.2) is 47.7 Å². The lowest BCUT2D eigenvalue weighted by atomic mass is 10.1. The highest BCUT2D eigenvalue weighted by Gasteiger charge is 2.20. The van der Waals surface area contributed by atoms with E-state index in [1.54, 1.807) is 11.8 Å². The second-order valence-corrected chi connectivity index (χ2v) is 7.83. The van der Waals surface area contributed by atoms with E-state index in [2.05, 4.69) is 55.4 Å². The van der Waals surface area contributed by atoms with Gasteiger partial charge in [0.05, 0.1) is 10.5 Å². The van der Waals surface area contributed by atoms with E-state index in [9.17, 15) is 4.79 Å². The number of aryl methyl sites for hydroxylation is 2.